The summed E-state index contributed by atoms with van der Waals surface area (Å²) in [7, 11) is -2.58. The van der Waals surface area contributed by atoms with Crippen LogP contribution in [-0.2, 0) is 14.8 Å². The van der Waals surface area contributed by atoms with Gasteiger partial charge in [-0.2, -0.15) is 0 Å². The number of hydrogen-bond donors (Lipinski definition) is 1. The molecule has 6 nitrogen and oxygen atoms in total. The molecule has 0 aromatic heterocycles. The van der Waals surface area contributed by atoms with E-state index in [1.807, 2.05) is 61.5 Å². The molecule has 190 valence electrons. The number of rotatable bonds is 9. The molecule has 0 radical (unpaired) electrons. The Morgan fingerprint density at radius 3 is 2.14 bits per heavy atom. The van der Waals surface area contributed by atoms with Crippen molar-refractivity contribution in [2.75, 3.05) is 18.0 Å². The molecular weight excluding hydrogens is 508 g/mol. The van der Waals surface area contributed by atoms with Gasteiger partial charge in [-0.15, -0.1) is 0 Å². The zero-order valence-electron chi connectivity index (χ0n) is 20.5. The van der Waals surface area contributed by atoms with Gasteiger partial charge in [0, 0.05) is 5.02 Å². The third-order valence-corrected chi connectivity index (χ3v) is 8.03. The van der Waals surface area contributed by atoms with Crippen molar-refractivity contribution in [2.24, 2.45) is 0 Å². The van der Waals surface area contributed by atoms with Gasteiger partial charge in [0.1, 0.15) is 12.3 Å². The van der Waals surface area contributed by atoms with Crippen LogP contribution in [-0.4, -0.2) is 28.0 Å². The van der Waals surface area contributed by atoms with Crippen LogP contribution in [0.2, 0.25) is 5.02 Å². The third kappa shape index (κ3) is 6.13. The zero-order valence-corrected chi connectivity index (χ0v) is 22.0. The Bertz CT molecular complexity index is 1460. The van der Waals surface area contributed by atoms with Gasteiger partial charge in [0.2, 0.25) is 5.91 Å². The van der Waals surface area contributed by atoms with Crippen molar-refractivity contribution in [2.45, 2.75) is 17.9 Å². The fraction of sp³-hybridized carbons (Fsp3) is 0.138. The van der Waals surface area contributed by atoms with Crippen LogP contribution in [0.1, 0.15) is 22.7 Å². The number of aryl methyl sites for hydroxylation is 1. The predicted octanol–water partition coefficient (Wildman–Crippen LogP) is 5.76. The van der Waals surface area contributed by atoms with Crippen molar-refractivity contribution in [3.05, 3.63) is 125 Å². The van der Waals surface area contributed by atoms with Crippen molar-refractivity contribution in [3.8, 4) is 5.75 Å². The SMILES string of the molecule is COc1ccc(S(=O)(=O)N(CC(=O)N[C@@H](c2ccccc2)c2ccccc2C)c2ccc(Cl)cc2)cc1. The van der Waals surface area contributed by atoms with E-state index in [0.717, 1.165) is 21.0 Å². The number of carbonyl (C=O) groups is 1. The first-order valence-electron chi connectivity index (χ1n) is 11.6. The number of amides is 1. The summed E-state index contributed by atoms with van der Waals surface area (Å²) in [5.74, 6) is 0.0720. The standard InChI is InChI=1S/C29H27ClN2O4S/c1-21-8-6-7-11-27(21)29(22-9-4-3-5-10-22)31-28(33)20-32(24-14-12-23(30)13-15-24)37(34,35)26-18-16-25(36-2)17-19-26/h3-19,29H,20H2,1-2H3,(H,31,33)/t29-/m0/s1. The number of nitrogens with zero attached hydrogens (tertiary/aromatic N) is 1. The highest BCUT2D eigenvalue weighted by Gasteiger charge is 2.29. The zero-order chi connectivity index (χ0) is 26.4. The Morgan fingerprint density at radius 1 is 0.892 bits per heavy atom. The molecule has 0 saturated carbocycles. The average molecular weight is 535 g/mol. The second kappa shape index (κ2) is 11.5. The number of methoxy groups -OCH3 is 1. The summed E-state index contributed by atoms with van der Waals surface area (Å²) in [6.07, 6.45) is 0. The number of sulfonamides is 1. The highest BCUT2D eigenvalue weighted by molar-refractivity contribution is 7.92. The summed E-state index contributed by atoms with van der Waals surface area (Å²) < 4.78 is 33.6. The number of benzene rings is 4. The summed E-state index contributed by atoms with van der Waals surface area (Å²) in [6.45, 7) is 1.55. The van der Waals surface area contributed by atoms with Crippen LogP contribution in [0.25, 0.3) is 0 Å². The molecule has 0 spiro atoms. The fourth-order valence-corrected chi connectivity index (χ4v) is 5.58. The van der Waals surface area contributed by atoms with Gasteiger partial charge < -0.3 is 10.1 Å². The minimum Gasteiger partial charge on any atom is -0.497 e. The van der Waals surface area contributed by atoms with E-state index in [0.29, 0.717) is 16.5 Å². The molecule has 0 bridgehead atoms. The largest absolute Gasteiger partial charge is 0.497 e. The Hall–Kier alpha value is -3.81. The van der Waals surface area contributed by atoms with Crippen LogP contribution < -0.4 is 14.4 Å². The van der Waals surface area contributed by atoms with Crippen molar-refractivity contribution in [3.63, 3.8) is 0 Å². The minimum absolute atomic E-state index is 0.0366. The minimum atomic E-state index is -4.09. The maximum atomic E-state index is 13.7. The molecule has 0 saturated heterocycles. The number of halogens is 1. The Morgan fingerprint density at radius 2 is 1.51 bits per heavy atom. The summed E-state index contributed by atoms with van der Waals surface area (Å²) in [5, 5.41) is 3.51. The van der Waals surface area contributed by atoms with Gasteiger partial charge in [-0.05, 0) is 72.1 Å². The van der Waals surface area contributed by atoms with Gasteiger partial charge in [-0.3, -0.25) is 9.10 Å². The average Bonchev–Trinajstić information content (AvgIpc) is 2.92. The number of carbonyl (C=O) groups excluding carboxylic acids is 1. The van der Waals surface area contributed by atoms with Gasteiger partial charge >= 0.3 is 0 Å². The van der Waals surface area contributed by atoms with Crippen molar-refractivity contribution < 1.29 is 17.9 Å². The summed E-state index contributed by atoms with van der Waals surface area (Å²) in [5.41, 5.74) is 3.15. The van der Waals surface area contributed by atoms with Crippen LogP contribution in [0.3, 0.4) is 0 Å². The monoisotopic (exact) mass is 534 g/mol. The topological polar surface area (TPSA) is 75.7 Å². The summed E-state index contributed by atoms with van der Waals surface area (Å²) in [6, 6.07) is 29.3. The van der Waals surface area contributed by atoms with Gasteiger partial charge in [0.25, 0.3) is 10.0 Å². The molecule has 4 aromatic carbocycles. The molecule has 0 aliphatic rings. The third-order valence-electron chi connectivity index (χ3n) is 5.99. The van der Waals surface area contributed by atoms with Crippen LogP contribution in [0.15, 0.2) is 108 Å². The lowest BCUT2D eigenvalue weighted by Gasteiger charge is -2.27. The molecule has 8 heteroatoms. The molecular formula is C29H27ClN2O4S. The Kier molecular flexibility index (Phi) is 8.16. The van der Waals surface area contributed by atoms with E-state index in [1.54, 1.807) is 36.4 Å². The molecule has 4 aromatic rings. The second-order valence-corrected chi connectivity index (χ2v) is 10.7. The lowest BCUT2D eigenvalue weighted by Crippen LogP contribution is -2.42. The Labute approximate surface area is 222 Å². The van der Waals surface area contributed by atoms with E-state index in [1.165, 1.54) is 19.2 Å². The first-order chi connectivity index (χ1) is 17.8. The first-order valence-corrected chi connectivity index (χ1v) is 13.4. The molecule has 0 unspecified atom stereocenters. The second-order valence-electron chi connectivity index (χ2n) is 8.43. The first kappa shape index (κ1) is 26.3. The molecule has 1 amide bonds. The highest BCUT2D eigenvalue weighted by atomic mass is 35.5. The van der Waals surface area contributed by atoms with E-state index in [4.69, 9.17) is 16.3 Å². The van der Waals surface area contributed by atoms with Crippen molar-refractivity contribution in [1.29, 1.82) is 0 Å². The smallest absolute Gasteiger partial charge is 0.264 e. The molecule has 0 fully saturated rings. The quantitative estimate of drug-likeness (QED) is 0.296. The molecule has 0 heterocycles. The van der Waals surface area contributed by atoms with Crippen LogP contribution in [0, 0.1) is 6.92 Å². The van der Waals surface area contributed by atoms with Crippen LogP contribution in [0.5, 0.6) is 5.75 Å². The maximum Gasteiger partial charge on any atom is 0.264 e. The van der Waals surface area contributed by atoms with E-state index >= 15 is 0 Å². The van der Waals surface area contributed by atoms with Gasteiger partial charge in [0.05, 0.1) is 23.7 Å². The number of ether oxygens (including phenoxy) is 1. The van der Waals surface area contributed by atoms with E-state index < -0.39 is 28.5 Å². The summed E-state index contributed by atoms with van der Waals surface area (Å²) in [4.78, 5) is 13.5. The maximum absolute atomic E-state index is 13.7. The van der Waals surface area contributed by atoms with Gasteiger partial charge in [-0.25, -0.2) is 8.42 Å². The molecule has 37 heavy (non-hydrogen) atoms. The van der Waals surface area contributed by atoms with E-state index in [-0.39, 0.29) is 4.90 Å². The fourth-order valence-electron chi connectivity index (χ4n) is 4.03. The molecule has 1 N–H and O–H groups in total. The van der Waals surface area contributed by atoms with Gasteiger partial charge in [0.15, 0.2) is 0 Å². The predicted molar refractivity (Wildman–Crippen MR) is 147 cm³/mol. The lowest BCUT2D eigenvalue weighted by atomic mass is 9.95. The van der Waals surface area contributed by atoms with E-state index in [9.17, 15) is 13.2 Å². The number of anilines is 1. The van der Waals surface area contributed by atoms with Crippen LogP contribution >= 0.6 is 11.6 Å². The van der Waals surface area contributed by atoms with Crippen molar-refractivity contribution >= 4 is 33.2 Å². The lowest BCUT2D eigenvalue weighted by molar-refractivity contribution is -0.120. The van der Waals surface area contributed by atoms with Gasteiger partial charge in [-0.1, -0.05) is 66.2 Å². The highest BCUT2D eigenvalue weighted by Crippen LogP contribution is 2.28. The Balaban J connectivity index is 1.69. The summed E-state index contributed by atoms with van der Waals surface area (Å²) >= 11 is 6.04. The molecule has 0 aliphatic carbocycles. The van der Waals surface area contributed by atoms with Crippen molar-refractivity contribution in [1.82, 2.24) is 5.32 Å². The number of nitrogens with one attached hydrogen (secondary N) is 1. The van der Waals surface area contributed by atoms with Crippen LogP contribution in [0.4, 0.5) is 5.69 Å². The number of hydrogen-bond acceptors (Lipinski definition) is 4. The molecule has 0 aliphatic heterocycles. The van der Waals surface area contributed by atoms with E-state index in [2.05, 4.69) is 5.32 Å². The molecule has 1 atom stereocenters. The normalized spacial score (nSPS) is 12.0. The molecule has 4 rings (SSSR count).